The molecule has 1 aliphatic rings. The lowest BCUT2D eigenvalue weighted by Gasteiger charge is -2.16. The van der Waals surface area contributed by atoms with Crippen LogP contribution in [0.15, 0.2) is 43.0 Å². The Hall–Kier alpha value is -3.28. The number of rotatable bonds is 6. The minimum absolute atomic E-state index is 0.175. The fourth-order valence-corrected chi connectivity index (χ4v) is 2.38. The van der Waals surface area contributed by atoms with Gasteiger partial charge in [-0.15, -0.1) is 0 Å². The number of phenols is 2. The average molecular weight is 372 g/mol. The van der Waals surface area contributed by atoms with Gasteiger partial charge in [-0.2, -0.15) is 0 Å². The van der Waals surface area contributed by atoms with Crippen molar-refractivity contribution in [3.05, 3.63) is 54.1 Å². The molecule has 0 fully saturated rings. The molecule has 1 aliphatic carbocycles. The van der Waals surface area contributed by atoms with Crippen LogP contribution in [0, 0.1) is 0 Å². The summed E-state index contributed by atoms with van der Waals surface area (Å²) in [7, 11) is 5.95. The minimum Gasteiger partial charge on any atom is -0.504 e. The Balaban J connectivity index is 0.000000789. The second-order valence-corrected chi connectivity index (χ2v) is 5.61. The molecule has 0 heterocycles. The van der Waals surface area contributed by atoms with Crippen LogP contribution >= 0.6 is 0 Å². The molecule has 0 atom stereocenters. The van der Waals surface area contributed by atoms with E-state index in [0.29, 0.717) is 33.9 Å². The molecular formula is C21H24O6. The van der Waals surface area contributed by atoms with Crippen LogP contribution in [0.2, 0.25) is 0 Å². The molecule has 0 unspecified atom stereocenters. The van der Waals surface area contributed by atoms with Gasteiger partial charge in [0.25, 0.3) is 0 Å². The lowest BCUT2D eigenvalue weighted by molar-refractivity contribution is 0.324. The summed E-state index contributed by atoms with van der Waals surface area (Å²) in [5.74, 6) is 0.902. The number of hydrogen-bond acceptors (Lipinski definition) is 6. The highest BCUT2D eigenvalue weighted by atomic mass is 16.5. The third-order valence-electron chi connectivity index (χ3n) is 3.91. The molecule has 0 amide bonds. The first-order chi connectivity index (χ1) is 13.0. The van der Waals surface area contributed by atoms with Crippen LogP contribution in [0.25, 0.3) is 5.57 Å². The van der Waals surface area contributed by atoms with Gasteiger partial charge in [0, 0.05) is 5.56 Å². The third-order valence-corrected chi connectivity index (χ3v) is 3.91. The summed E-state index contributed by atoms with van der Waals surface area (Å²) in [5, 5.41) is 20.2. The maximum atomic E-state index is 10.2. The van der Waals surface area contributed by atoms with Crippen LogP contribution in [-0.2, 0) is 0 Å². The number of benzene rings is 2. The van der Waals surface area contributed by atoms with Gasteiger partial charge in [-0.1, -0.05) is 18.7 Å². The lowest BCUT2D eigenvalue weighted by Crippen LogP contribution is -1.97. The van der Waals surface area contributed by atoms with E-state index in [1.807, 2.05) is 0 Å². The predicted octanol–water partition coefficient (Wildman–Crippen LogP) is 4.14. The van der Waals surface area contributed by atoms with Gasteiger partial charge >= 0.3 is 0 Å². The molecule has 0 saturated heterocycles. The molecule has 2 aromatic rings. The Morgan fingerprint density at radius 1 is 0.815 bits per heavy atom. The number of phenolic OH excluding ortho intramolecular Hbond substituents is 2. The number of methoxy groups -OCH3 is 4. The molecule has 0 bridgehead atoms. The van der Waals surface area contributed by atoms with Crippen LogP contribution < -0.4 is 18.9 Å². The Kier molecular flexibility index (Phi) is 6.60. The molecular weight excluding hydrogens is 348 g/mol. The van der Waals surface area contributed by atoms with Crippen LogP contribution in [0.3, 0.4) is 0 Å². The second kappa shape index (κ2) is 8.89. The summed E-state index contributed by atoms with van der Waals surface area (Å²) in [6.07, 6.45) is 5.50. The van der Waals surface area contributed by atoms with Crippen molar-refractivity contribution in [2.75, 3.05) is 28.4 Å². The largest absolute Gasteiger partial charge is 0.504 e. The van der Waals surface area contributed by atoms with Crippen LogP contribution in [0.5, 0.6) is 34.5 Å². The maximum absolute atomic E-state index is 10.2. The van der Waals surface area contributed by atoms with Crippen molar-refractivity contribution >= 4 is 5.57 Å². The summed E-state index contributed by atoms with van der Waals surface area (Å²) in [5.41, 5.74) is 1.48. The molecule has 0 aliphatic heterocycles. The van der Waals surface area contributed by atoms with E-state index in [1.54, 1.807) is 24.3 Å². The topological polar surface area (TPSA) is 77.4 Å². The zero-order valence-electron chi connectivity index (χ0n) is 15.9. The van der Waals surface area contributed by atoms with Crippen molar-refractivity contribution in [3.8, 4) is 34.5 Å². The summed E-state index contributed by atoms with van der Waals surface area (Å²) >= 11 is 0. The molecule has 0 saturated carbocycles. The number of hydrogen-bond donors (Lipinski definition) is 2. The van der Waals surface area contributed by atoms with E-state index < -0.39 is 0 Å². The molecule has 2 aromatic carbocycles. The first-order valence-corrected chi connectivity index (χ1v) is 8.22. The monoisotopic (exact) mass is 372 g/mol. The highest BCUT2D eigenvalue weighted by Gasteiger charge is 2.19. The van der Waals surface area contributed by atoms with Crippen LogP contribution in [-0.4, -0.2) is 38.7 Å². The maximum Gasteiger partial charge on any atom is 0.203 e. The summed E-state index contributed by atoms with van der Waals surface area (Å²) in [4.78, 5) is 0. The molecule has 0 spiro atoms. The minimum atomic E-state index is -0.344. The highest BCUT2D eigenvalue weighted by molar-refractivity contribution is 5.85. The SMILES string of the molecule is C1=CC1.C=C(c1cc(OC)c(OC)c(OC)c1)c1ccc(OC)c(O)c1O. The molecule has 2 N–H and O–H groups in total. The van der Waals surface area contributed by atoms with E-state index in [2.05, 4.69) is 18.7 Å². The zero-order chi connectivity index (χ0) is 20.0. The molecule has 0 radical (unpaired) electrons. The van der Waals surface area contributed by atoms with E-state index >= 15 is 0 Å². The molecule has 3 rings (SSSR count). The fraction of sp³-hybridized carbons (Fsp3) is 0.238. The smallest absolute Gasteiger partial charge is 0.203 e. The third kappa shape index (κ3) is 4.47. The molecule has 6 nitrogen and oxygen atoms in total. The van der Waals surface area contributed by atoms with Gasteiger partial charge in [0.2, 0.25) is 11.5 Å². The second-order valence-electron chi connectivity index (χ2n) is 5.61. The summed E-state index contributed by atoms with van der Waals surface area (Å²) in [6, 6.07) is 6.59. The van der Waals surface area contributed by atoms with Crippen molar-refractivity contribution < 1.29 is 29.2 Å². The van der Waals surface area contributed by atoms with Gasteiger partial charge in [-0.05, 0) is 41.8 Å². The number of allylic oxidation sites excluding steroid dienone is 2. The van der Waals surface area contributed by atoms with Gasteiger partial charge in [-0.3, -0.25) is 0 Å². The van der Waals surface area contributed by atoms with Crippen LogP contribution in [0.4, 0.5) is 0 Å². The van der Waals surface area contributed by atoms with Crippen molar-refractivity contribution in [2.45, 2.75) is 6.42 Å². The van der Waals surface area contributed by atoms with E-state index in [-0.39, 0.29) is 17.2 Å². The van der Waals surface area contributed by atoms with E-state index in [0.717, 1.165) is 0 Å². The van der Waals surface area contributed by atoms with Crippen LogP contribution in [0.1, 0.15) is 17.5 Å². The quantitative estimate of drug-likeness (QED) is 0.586. The van der Waals surface area contributed by atoms with Crippen molar-refractivity contribution in [2.24, 2.45) is 0 Å². The van der Waals surface area contributed by atoms with Crippen molar-refractivity contribution in [1.82, 2.24) is 0 Å². The first-order valence-electron chi connectivity index (χ1n) is 8.22. The number of aromatic hydroxyl groups is 2. The van der Waals surface area contributed by atoms with Gasteiger partial charge in [0.15, 0.2) is 23.0 Å². The highest BCUT2D eigenvalue weighted by Crippen LogP contribution is 2.45. The first kappa shape index (κ1) is 20.0. The summed E-state index contributed by atoms with van der Waals surface area (Å²) in [6.45, 7) is 4.00. The zero-order valence-corrected chi connectivity index (χ0v) is 15.9. The van der Waals surface area contributed by atoms with Gasteiger partial charge < -0.3 is 29.2 Å². The normalized spacial score (nSPS) is 11.1. The van der Waals surface area contributed by atoms with E-state index in [4.69, 9.17) is 18.9 Å². The molecule has 144 valence electrons. The predicted molar refractivity (Wildman–Crippen MR) is 104 cm³/mol. The van der Waals surface area contributed by atoms with E-state index in [9.17, 15) is 10.2 Å². The fourth-order valence-electron chi connectivity index (χ4n) is 2.38. The Labute approximate surface area is 158 Å². The Bertz CT molecular complexity index is 825. The molecule has 0 aromatic heterocycles. The molecule has 6 heteroatoms. The number of ether oxygens (including phenoxy) is 4. The van der Waals surface area contributed by atoms with E-state index in [1.165, 1.54) is 34.9 Å². The lowest BCUT2D eigenvalue weighted by atomic mass is 9.97. The standard InChI is InChI=1S/C18H20O6.C3H4/c1-10(12-6-7-13(21-2)17(20)16(12)19)11-8-14(22-3)18(24-5)15(9-11)23-4;1-2-3-1/h6-9,19-20H,1H2,2-5H3;1-2H,3H2. The van der Waals surface area contributed by atoms with Crippen molar-refractivity contribution in [1.29, 1.82) is 0 Å². The Morgan fingerprint density at radius 3 is 1.74 bits per heavy atom. The van der Waals surface area contributed by atoms with Gasteiger partial charge in [-0.25, -0.2) is 0 Å². The summed E-state index contributed by atoms with van der Waals surface area (Å²) < 4.78 is 20.9. The average Bonchev–Trinajstić information content (AvgIpc) is 3.57. The van der Waals surface area contributed by atoms with Gasteiger partial charge in [0.1, 0.15) is 0 Å². The van der Waals surface area contributed by atoms with Crippen molar-refractivity contribution in [3.63, 3.8) is 0 Å². The molecule has 27 heavy (non-hydrogen) atoms. The van der Waals surface area contributed by atoms with Gasteiger partial charge in [0.05, 0.1) is 28.4 Å². The Morgan fingerprint density at radius 2 is 1.33 bits per heavy atom.